The molecule has 6 heteroatoms. The Kier molecular flexibility index (Phi) is 5.03. The average Bonchev–Trinajstić information content (AvgIpc) is 3.44. The van der Waals surface area contributed by atoms with Crippen molar-refractivity contribution in [1.29, 1.82) is 0 Å². The highest BCUT2D eigenvalue weighted by Gasteiger charge is 2.20. The van der Waals surface area contributed by atoms with Gasteiger partial charge in [-0.3, -0.25) is 4.68 Å². The Hall–Kier alpha value is -1.98. The molecular formula is C22H23ClN2O2S. The number of halogens is 1. The molecule has 0 radical (unpaired) electrons. The molecule has 2 aromatic heterocycles. The van der Waals surface area contributed by atoms with Crippen molar-refractivity contribution in [3.63, 3.8) is 0 Å². The fraction of sp³-hybridized carbons (Fsp3) is 0.409. The Balaban J connectivity index is 1.46. The molecule has 5 rings (SSSR count). The summed E-state index contributed by atoms with van der Waals surface area (Å²) in [4.78, 5) is 0. The second-order valence-corrected chi connectivity index (χ2v) is 8.90. The van der Waals surface area contributed by atoms with Crippen LogP contribution in [0.3, 0.4) is 0 Å². The number of nitrogens with zero attached hydrogens (tertiary/aromatic N) is 2. The summed E-state index contributed by atoms with van der Waals surface area (Å²) in [6.07, 6.45) is 9.65. The smallest absolute Gasteiger partial charge is 0.231 e. The highest BCUT2D eigenvalue weighted by atomic mass is 35.5. The lowest BCUT2D eigenvalue weighted by Gasteiger charge is -2.21. The number of hydrogen-bond donors (Lipinski definition) is 0. The Morgan fingerprint density at radius 2 is 1.93 bits per heavy atom. The van der Waals surface area contributed by atoms with E-state index in [4.69, 9.17) is 26.2 Å². The topological polar surface area (TPSA) is 36.3 Å². The SMILES string of the molecule is Clc1cc2c(cc1Cc1cn(CC3CCCCC3)nc1-c1ccsc1)OCO2. The molecule has 0 spiro atoms. The van der Waals surface area contributed by atoms with Gasteiger partial charge in [-0.05, 0) is 41.8 Å². The maximum Gasteiger partial charge on any atom is 0.231 e. The van der Waals surface area contributed by atoms with Crippen molar-refractivity contribution in [2.45, 2.75) is 45.1 Å². The second kappa shape index (κ2) is 7.80. The molecular weight excluding hydrogens is 392 g/mol. The van der Waals surface area contributed by atoms with Gasteiger partial charge in [0.1, 0.15) is 0 Å². The summed E-state index contributed by atoms with van der Waals surface area (Å²) in [5.41, 5.74) is 4.49. The highest BCUT2D eigenvalue weighted by Crippen LogP contribution is 2.38. The van der Waals surface area contributed by atoms with Crippen LogP contribution in [0.15, 0.2) is 35.2 Å². The zero-order chi connectivity index (χ0) is 18.9. The molecule has 1 aromatic carbocycles. The van der Waals surface area contributed by atoms with Crippen LogP contribution in [0.5, 0.6) is 11.5 Å². The lowest BCUT2D eigenvalue weighted by molar-refractivity contribution is 0.174. The summed E-state index contributed by atoms with van der Waals surface area (Å²) in [5, 5.41) is 9.95. The third-order valence-corrected chi connectivity index (χ3v) is 6.76. The van der Waals surface area contributed by atoms with Crippen molar-refractivity contribution < 1.29 is 9.47 Å². The molecule has 0 atom stereocenters. The maximum absolute atomic E-state index is 6.54. The summed E-state index contributed by atoms with van der Waals surface area (Å²) < 4.78 is 13.1. The van der Waals surface area contributed by atoms with E-state index in [1.54, 1.807) is 11.3 Å². The fourth-order valence-electron chi connectivity index (χ4n) is 4.26. The van der Waals surface area contributed by atoms with Crippen LogP contribution in [0.25, 0.3) is 11.3 Å². The van der Waals surface area contributed by atoms with Crippen LogP contribution >= 0.6 is 22.9 Å². The van der Waals surface area contributed by atoms with E-state index in [0.717, 1.165) is 41.6 Å². The highest BCUT2D eigenvalue weighted by molar-refractivity contribution is 7.08. The minimum Gasteiger partial charge on any atom is -0.454 e. The third kappa shape index (κ3) is 3.65. The van der Waals surface area contributed by atoms with Crippen LogP contribution in [0, 0.1) is 5.92 Å². The van der Waals surface area contributed by atoms with E-state index >= 15 is 0 Å². The van der Waals surface area contributed by atoms with Crippen molar-refractivity contribution in [2.75, 3.05) is 6.79 Å². The molecule has 0 amide bonds. The van der Waals surface area contributed by atoms with Gasteiger partial charge in [-0.25, -0.2) is 0 Å². The first-order valence-corrected chi connectivity index (χ1v) is 11.3. The maximum atomic E-state index is 6.54. The molecule has 3 aromatic rings. The first-order chi connectivity index (χ1) is 13.8. The molecule has 4 nitrogen and oxygen atoms in total. The van der Waals surface area contributed by atoms with Crippen LogP contribution in [-0.4, -0.2) is 16.6 Å². The summed E-state index contributed by atoms with van der Waals surface area (Å²) in [5.74, 6) is 2.23. The second-order valence-electron chi connectivity index (χ2n) is 7.71. The molecule has 28 heavy (non-hydrogen) atoms. The number of aromatic nitrogens is 2. The van der Waals surface area contributed by atoms with E-state index in [0.29, 0.717) is 5.02 Å². The van der Waals surface area contributed by atoms with Gasteiger partial charge in [0.15, 0.2) is 11.5 Å². The van der Waals surface area contributed by atoms with Crippen molar-refractivity contribution in [3.8, 4) is 22.8 Å². The molecule has 1 saturated carbocycles. The Morgan fingerprint density at radius 1 is 1.11 bits per heavy atom. The minimum absolute atomic E-state index is 0.259. The first-order valence-electron chi connectivity index (χ1n) is 9.93. The predicted molar refractivity (Wildman–Crippen MR) is 112 cm³/mol. The third-order valence-electron chi connectivity index (χ3n) is 5.72. The van der Waals surface area contributed by atoms with Crippen molar-refractivity contribution in [3.05, 3.63) is 51.3 Å². The normalized spacial score (nSPS) is 16.6. The molecule has 1 aliphatic carbocycles. The van der Waals surface area contributed by atoms with E-state index < -0.39 is 0 Å². The van der Waals surface area contributed by atoms with Gasteiger partial charge >= 0.3 is 0 Å². The summed E-state index contributed by atoms with van der Waals surface area (Å²) in [6, 6.07) is 6.00. The molecule has 0 N–H and O–H groups in total. The van der Waals surface area contributed by atoms with E-state index in [-0.39, 0.29) is 6.79 Å². The molecule has 1 fully saturated rings. The Bertz CT molecular complexity index is 961. The van der Waals surface area contributed by atoms with Gasteiger partial charge < -0.3 is 9.47 Å². The molecule has 146 valence electrons. The van der Waals surface area contributed by atoms with Gasteiger partial charge in [0, 0.05) is 46.8 Å². The van der Waals surface area contributed by atoms with Crippen molar-refractivity contribution in [1.82, 2.24) is 9.78 Å². The van der Waals surface area contributed by atoms with Gasteiger partial charge in [-0.15, -0.1) is 0 Å². The minimum atomic E-state index is 0.259. The first kappa shape index (κ1) is 18.1. The van der Waals surface area contributed by atoms with Crippen LogP contribution in [0.4, 0.5) is 0 Å². The molecule has 1 aliphatic heterocycles. The quantitative estimate of drug-likeness (QED) is 0.501. The molecule has 0 unspecified atom stereocenters. The molecule has 0 bridgehead atoms. The zero-order valence-corrected chi connectivity index (χ0v) is 17.3. The lowest BCUT2D eigenvalue weighted by Crippen LogP contribution is -2.14. The zero-order valence-electron chi connectivity index (χ0n) is 15.7. The average molecular weight is 415 g/mol. The van der Waals surface area contributed by atoms with Crippen molar-refractivity contribution in [2.24, 2.45) is 5.92 Å². The number of thiophene rings is 1. The standard InChI is InChI=1S/C22H23ClN2O2S/c23-19-10-21-20(26-14-27-21)9-17(19)8-18-12-25(11-15-4-2-1-3-5-15)24-22(18)16-6-7-28-13-16/h6-7,9-10,12-13,15H,1-5,8,11,14H2. The number of hydrogen-bond acceptors (Lipinski definition) is 4. The summed E-state index contributed by atoms with van der Waals surface area (Å²) in [6.45, 7) is 1.26. The summed E-state index contributed by atoms with van der Waals surface area (Å²) >= 11 is 8.24. The molecule has 2 aliphatic rings. The summed E-state index contributed by atoms with van der Waals surface area (Å²) in [7, 11) is 0. The van der Waals surface area contributed by atoms with Crippen LogP contribution < -0.4 is 9.47 Å². The van der Waals surface area contributed by atoms with Gasteiger partial charge in [-0.2, -0.15) is 16.4 Å². The van der Waals surface area contributed by atoms with Gasteiger partial charge in [0.05, 0.1) is 5.69 Å². The van der Waals surface area contributed by atoms with Crippen LogP contribution in [-0.2, 0) is 13.0 Å². The van der Waals surface area contributed by atoms with E-state index in [2.05, 4.69) is 27.7 Å². The largest absolute Gasteiger partial charge is 0.454 e. The van der Waals surface area contributed by atoms with Gasteiger partial charge in [-0.1, -0.05) is 30.9 Å². The van der Waals surface area contributed by atoms with Crippen LogP contribution in [0.1, 0.15) is 43.2 Å². The van der Waals surface area contributed by atoms with E-state index in [1.807, 2.05) is 12.1 Å². The van der Waals surface area contributed by atoms with Crippen LogP contribution in [0.2, 0.25) is 5.02 Å². The number of benzene rings is 1. The number of ether oxygens (including phenoxy) is 2. The predicted octanol–water partition coefficient (Wildman–Crippen LogP) is 6.16. The van der Waals surface area contributed by atoms with Gasteiger partial charge in [0.2, 0.25) is 6.79 Å². The van der Waals surface area contributed by atoms with Crippen molar-refractivity contribution >= 4 is 22.9 Å². The molecule has 0 saturated heterocycles. The van der Waals surface area contributed by atoms with E-state index in [1.165, 1.54) is 43.2 Å². The molecule has 3 heterocycles. The fourth-order valence-corrected chi connectivity index (χ4v) is 5.12. The number of rotatable bonds is 5. The number of fused-ring (bicyclic) bond motifs is 1. The lowest BCUT2D eigenvalue weighted by atomic mass is 9.89. The monoisotopic (exact) mass is 414 g/mol. The van der Waals surface area contributed by atoms with Gasteiger partial charge in [0.25, 0.3) is 0 Å². The Labute approximate surface area is 174 Å². The Morgan fingerprint density at radius 3 is 2.71 bits per heavy atom. The van der Waals surface area contributed by atoms with E-state index in [9.17, 15) is 0 Å².